The van der Waals surface area contributed by atoms with E-state index in [-0.39, 0.29) is 0 Å². The Kier molecular flexibility index (Phi) is 3.61. The molecule has 1 atom stereocenters. The molecule has 3 nitrogen and oxygen atoms in total. The van der Waals surface area contributed by atoms with E-state index < -0.39 is 0 Å². The van der Waals surface area contributed by atoms with E-state index in [1.165, 1.54) is 5.56 Å². The van der Waals surface area contributed by atoms with E-state index in [9.17, 15) is 0 Å². The van der Waals surface area contributed by atoms with Crippen LogP contribution in [0, 0.1) is 0 Å². The first-order chi connectivity index (χ1) is 7.34. The van der Waals surface area contributed by atoms with E-state index in [0.29, 0.717) is 5.25 Å². The van der Waals surface area contributed by atoms with Crippen molar-refractivity contribution in [2.24, 2.45) is 4.99 Å². The lowest BCUT2D eigenvalue weighted by Crippen LogP contribution is -2.22. The molecule has 0 aromatic carbocycles. The van der Waals surface area contributed by atoms with Gasteiger partial charge in [0.1, 0.15) is 0 Å². The number of hydrogen-bond acceptors (Lipinski definition) is 4. The van der Waals surface area contributed by atoms with Gasteiger partial charge in [-0.2, -0.15) is 0 Å². The molecule has 0 radical (unpaired) electrons. The predicted octanol–water partition coefficient (Wildman–Crippen LogP) is 1.70. The molecule has 15 heavy (non-hydrogen) atoms. The van der Waals surface area contributed by atoms with Gasteiger partial charge >= 0.3 is 0 Å². The van der Waals surface area contributed by atoms with Crippen LogP contribution >= 0.6 is 11.8 Å². The van der Waals surface area contributed by atoms with Crippen LogP contribution in [0.25, 0.3) is 0 Å². The number of nitrogens with zero attached hydrogens (tertiary/aromatic N) is 2. The number of aliphatic imine (C=N–C) groups is 1. The normalized spacial score (nSPS) is 20.1. The van der Waals surface area contributed by atoms with E-state index >= 15 is 0 Å². The van der Waals surface area contributed by atoms with Crippen LogP contribution in [-0.4, -0.2) is 28.5 Å². The number of thioether (sulfide) groups is 1. The highest BCUT2D eigenvalue weighted by molar-refractivity contribution is 8.14. The van der Waals surface area contributed by atoms with Crippen LogP contribution in [0.3, 0.4) is 0 Å². The van der Waals surface area contributed by atoms with Crippen molar-refractivity contribution >= 4 is 16.9 Å². The maximum Gasteiger partial charge on any atom is 0.156 e. The van der Waals surface area contributed by atoms with Crippen molar-refractivity contribution in [1.29, 1.82) is 0 Å². The summed E-state index contributed by atoms with van der Waals surface area (Å²) in [7, 11) is 0. The highest BCUT2D eigenvalue weighted by Crippen LogP contribution is 2.18. The average Bonchev–Trinajstić information content (AvgIpc) is 2.66. The van der Waals surface area contributed by atoms with Gasteiger partial charge in [0.15, 0.2) is 5.17 Å². The number of rotatable bonds is 3. The second-order valence-corrected chi connectivity index (χ2v) is 5.03. The van der Waals surface area contributed by atoms with Crippen molar-refractivity contribution in [3.05, 3.63) is 30.1 Å². The summed E-state index contributed by atoms with van der Waals surface area (Å²) in [6, 6.07) is 4.10. The molecular formula is C11H15N3S. The SMILES string of the molecule is CC1CN=C(NCCc2ccncc2)S1. The number of amidine groups is 1. The molecule has 0 saturated heterocycles. The van der Waals surface area contributed by atoms with E-state index in [1.54, 1.807) is 0 Å². The number of pyridine rings is 1. The average molecular weight is 221 g/mol. The largest absolute Gasteiger partial charge is 0.365 e. The molecule has 0 fully saturated rings. The Bertz CT molecular complexity index is 337. The summed E-state index contributed by atoms with van der Waals surface area (Å²) in [6.45, 7) is 4.09. The summed E-state index contributed by atoms with van der Waals surface area (Å²) in [4.78, 5) is 8.40. The standard InChI is InChI=1S/C11H15N3S/c1-9-8-14-11(15-9)13-7-4-10-2-5-12-6-3-10/h2-3,5-6,9H,4,7-8H2,1H3,(H,13,14). The molecule has 2 heterocycles. The lowest BCUT2D eigenvalue weighted by Gasteiger charge is -2.05. The lowest BCUT2D eigenvalue weighted by atomic mass is 10.2. The van der Waals surface area contributed by atoms with Gasteiger partial charge in [-0.05, 0) is 24.1 Å². The van der Waals surface area contributed by atoms with Crippen LogP contribution in [0.15, 0.2) is 29.5 Å². The molecule has 1 aromatic heterocycles. The molecule has 1 aliphatic heterocycles. The van der Waals surface area contributed by atoms with Crippen LogP contribution in [0.1, 0.15) is 12.5 Å². The number of aromatic nitrogens is 1. The first-order valence-corrected chi connectivity index (χ1v) is 6.06. The quantitative estimate of drug-likeness (QED) is 0.844. The van der Waals surface area contributed by atoms with Gasteiger partial charge in [0.05, 0.1) is 6.54 Å². The van der Waals surface area contributed by atoms with Crippen LogP contribution in [0.4, 0.5) is 0 Å². The smallest absolute Gasteiger partial charge is 0.156 e. The third-order valence-electron chi connectivity index (χ3n) is 2.24. The molecule has 4 heteroatoms. The van der Waals surface area contributed by atoms with Crippen molar-refractivity contribution in [3.8, 4) is 0 Å². The van der Waals surface area contributed by atoms with Crippen molar-refractivity contribution in [1.82, 2.24) is 10.3 Å². The van der Waals surface area contributed by atoms with Crippen molar-refractivity contribution in [2.45, 2.75) is 18.6 Å². The Morgan fingerprint density at radius 2 is 2.27 bits per heavy atom. The van der Waals surface area contributed by atoms with Crippen molar-refractivity contribution < 1.29 is 0 Å². The van der Waals surface area contributed by atoms with Gasteiger partial charge in [-0.1, -0.05) is 18.7 Å². The van der Waals surface area contributed by atoms with Gasteiger partial charge < -0.3 is 5.32 Å². The molecule has 0 amide bonds. The summed E-state index contributed by atoms with van der Waals surface area (Å²) >= 11 is 1.83. The monoisotopic (exact) mass is 221 g/mol. The molecule has 1 N–H and O–H groups in total. The first kappa shape index (κ1) is 10.5. The van der Waals surface area contributed by atoms with Crippen LogP contribution in [-0.2, 0) is 6.42 Å². The van der Waals surface area contributed by atoms with Gasteiger partial charge in [-0.25, -0.2) is 0 Å². The molecule has 0 saturated carbocycles. The minimum absolute atomic E-state index is 0.633. The fourth-order valence-electron chi connectivity index (χ4n) is 1.44. The molecule has 1 aromatic rings. The molecule has 2 rings (SSSR count). The van der Waals surface area contributed by atoms with Gasteiger partial charge in [-0.3, -0.25) is 9.98 Å². The summed E-state index contributed by atoms with van der Waals surface area (Å²) in [6.07, 6.45) is 4.69. The fourth-order valence-corrected chi connectivity index (χ4v) is 2.30. The predicted molar refractivity (Wildman–Crippen MR) is 65.3 cm³/mol. The summed E-state index contributed by atoms with van der Waals surface area (Å²) in [5.41, 5.74) is 1.31. The van der Waals surface area contributed by atoms with E-state index in [1.807, 2.05) is 36.3 Å². The highest BCUT2D eigenvalue weighted by Gasteiger charge is 2.13. The number of hydrogen-bond donors (Lipinski definition) is 1. The zero-order valence-corrected chi connectivity index (χ0v) is 9.63. The third kappa shape index (κ3) is 3.23. The van der Waals surface area contributed by atoms with Gasteiger partial charge in [0.25, 0.3) is 0 Å². The molecule has 80 valence electrons. The Morgan fingerprint density at radius 3 is 2.93 bits per heavy atom. The van der Waals surface area contributed by atoms with Gasteiger partial charge in [0.2, 0.25) is 0 Å². The molecule has 0 aliphatic carbocycles. The van der Waals surface area contributed by atoms with Gasteiger partial charge in [-0.15, -0.1) is 0 Å². The van der Waals surface area contributed by atoms with E-state index in [2.05, 4.69) is 22.2 Å². The minimum Gasteiger partial charge on any atom is -0.365 e. The third-order valence-corrected chi connectivity index (χ3v) is 3.29. The van der Waals surface area contributed by atoms with Crippen LogP contribution in [0.5, 0.6) is 0 Å². The summed E-state index contributed by atoms with van der Waals surface area (Å²) in [5, 5.41) is 5.08. The van der Waals surface area contributed by atoms with Crippen molar-refractivity contribution in [3.63, 3.8) is 0 Å². The Hall–Kier alpha value is -1.03. The van der Waals surface area contributed by atoms with E-state index in [4.69, 9.17) is 0 Å². The van der Waals surface area contributed by atoms with Crippen molar-refractivity contribution in [2.75, 3.05) is 13.1 Å². The van der Waals surface area contributed by atoms with E-state index in [0.717, 1.165) is 24.7 Å². The van der Waals surface area contributed by atoms with Crippen LogP contribution in [0.2, 0.25) is 0 Å². The maximum absolute atomic E-state index is 4.40. The topological polar surface area (TPSA) is 37.3 Å². The minimum atomic E-state index is 0.633. The second kappa shape index (κ2) is 5.16. The van der Waals surface area contributed by atoms with Gasteiger partial charge in [0, 0.05) is 24.2 Å². The Balaban J connectivity index is 1.72. The Morgan fingerprint density at radius 1 is 1.47 bits per heavy atom. The van der Waals surface area contributed by atoms with Crippen LogP contribution < -0.4 is 5.32 Å². The second-order valence-electron chi connectivity index (χ2n) is 3.61. The molecular weight excluding hydrogens is 206 g/mol. The highest BCUT2D eigenvalue weighted by atomic mass is 32.2. The Labute approximate surface area is 94.4 Å². The number of nitrogens with one attached hydrogen (secondary N) is 1. The molecule has 0 spiro atoms. The first-order valence-electron chi connectivity index (χ1n) is 5.18. The fraction of sp³-hybridized carbons (Fsp3) is 0.455. The maximum atomic E-state index is 4.40. The zero-order valence-electron chi connectivity index (χ0n) is 8.81. The molecule has 0 bridgehead atoms. The lowest BCUT2D eigenvalue weighted by molar-refractivity contribution is 0.868. The molecule has 1 unspecified atom stereocenters. The zero-order chi connectivity index (χ0) is 10.5. The summed E-state index contributed by atoms with van der Waals surface area (Å²) < 4.78 is 0. The molecule has 1 aliphatic rings. The summed E-state index contributed by atoms with van der Waals surface area (Å²) in [5.74, 6) is 0.